The van der Waals surface area contributed by atoms with Crippen molar-refractivity contribution in [1.82, 2.24) is 4.90 Å². The summed E-state index contributed by atoms with van der Waals surface area (Å²) in [5, 5.41) is 22.9. The lowest BCUT2D eigenvalue weighted by atomic mass is 9.79. The van der Waals surface area contributed by atoms with Crippen molar-refractivity contribution in [2.24, 2.45) is 5.73 Å². The molecule has 3 aromatic carbocycles. The summed E-state index contributed by atoms with van der Waals surface area (Å²) in [7, 11) is 0. The van der Waals surface area contributed by atoms with Crippen molar-refractivity contribution in [3.63, 3.8) is 0 Å². The fraction of sp³-hybridized carbons (Fsp3) is 0.257. The molecule has 0 radical (unpaired) electrons. The lowest BCUT2D eigenvalue weighted by Gasteiger charge is -2.44. The maximum absolute atomic E-state index is 15.3. The van der Waals surface area contributed by atoms with Gasteiger partial charge in [0, 0.05) is 21.1 Å². The topological polar surface area (TPSA) is 160 Å². The number of aliphatic hydroxyl groups is 1. The number of fused-ring (bicyclic) bond motifs is 3. The van der Waals surface area contributed by atoms with E-state index >= 15 is 4.79 Å². The van der Waals surface area contributed by atoms with E-state index in [-0.39, 0.29) is 30.0 Å². The number of nitrogens with zero attached hydrogens (tertiary/aromatic N) is 2. The van der Waals surface area contributed by atoms with Crippen molar-refractivity contribution in [2.45, 2.75) is 45.2 Å². The minimum Gasteiger partial charge on any atom is -0.507 e. The molecule has 11 nitrogen and oxygen atoms in total. The molecule has 3 heterocycles. The van der Waals surface area contributed by atoms with Crippen LogP contribution < -0.4 is 20.1 Å². The second kappa shape index (κ2) is 11.3. The molecule has 3 aromatic rings. The standard InChI is InChI=1S/C35H32BrN3O8/c1-5-46-24-15-19-17-34(3,4)39-28(21(19)16-25(24)47-6-2)26(31(37)43)35(33(39)45)27(29(41)18-11-13-20(36)14-12-18)30(42)32(44)38(35)22-9-7-8-10-23(22)40/h7-16,40-41H,5-6,17H2,1-4H3,(H2,37,43)/b29-27-. The van der Waals surface area contributed by atoms with Crippen molar-refractivity contribution in [1.29, 1.82) is 0 Å². The zero-order valence-corrected chi connectivity index (χ0v) is 27.7. The maximum atomic E-state index is 15.3. The van der Waals surface area contributed by atoms with E-state index in [0.717, 1.165) is 4.90 Å². The number of aromatic hydroxyl groups is 1. The van der Waals surface area contributed by atoms with Crippen LogP contribution in [0.1, 0.15) is 44.4 Å². The first-order chi connectivity index (χ1) is 22.3. The van der Waals surface area contributed by atoms with Gasteiger partial charge in [0.05, 0.1) is 35.7 Å². The number of phenols is 1. The Kier molecular flexibility index (Phi) is 7.66. The number of ether oxygens (including phenoxy) is 2. The molecule has 3 aliphatic heterocycles. The van der Waals surface area contributed by atoms with Crippen LogP contribution in [0, 0.1) is 0 Å². The quantitative estimate of drug-likeness (QED) is 0.182. The highest BCUT2D eigenvalue weighted by atomic mass is 79.9. The molecule has 0 aromatic heterocycles. The molecule has 47 heavy (non-hydrogen) atoms. The second-order valence-electron chi connectivity index (χ2n) is 11.9. The first-order valence-electron chi connectivity index (χ1n) is 15.0. The number of hydrogen-bond donors (Lipinski definition) is 3. The Bertz CT molecular complexity index is 1950. The van der Waals surface area contributed by atoms with E-state index < -0.39 is 57.2 Å². The number of carbonyl (C=O) groups is 4. The first-order valence-corrected chi connectivity index (χ1v) is 15.8. The van der Waals surface area contributed by atoms with Crippen LogP contribution in [0.15, 0.2) is 76.3 Å². The van der Waals surface area contributed by atoms with Crippen molar-refractivity contribution >= 4 is 56.6 Å². The number of nitrogens with two attached hydrogens (primary N) is 1. The number of ketones is 1. The first kappa shape index (κ1) is 31.9. The van der Waals surface area contributed by atoms with Gasteiger partial charge in [-0.1, -0.05) is 40.2 Å². The van der Waals surface area contributed by atoms with E-state index in [1.54, 1.807) is 45.0 Å². The highest BCUT2D eigenvalue weighted by molar-refractivity contribution is 9.10. The average Bonchev–Trinajstić information content (AvgIpc) is 3.41. The molecule has 3 aliphatic rings. The molecule has 0 aliphatic carbocycles. The Morgan fingerprint density at radius 1 is 0.957 bits per heavy atom. The predicted molar refractivity (Wildman–Crippen MR) is 177 cm³/mol. The van der Waals surface area contributed by atoms with E-state index in [2.05, 4.69) is 15.9 Å². The molecule has 1 spiro atoms. The number of Topliss-reactive ketones (excluding diaryl/α,β-unsaturated/α-hetero) is 1. The number of halogens is 1. The van der Waals surface area contributed by atoms with Gasteiger partial charge in [-0.25, -0.2) is 0 Å². The molecular formula is C35H32BrN3O8. The number of para-hydroxylation sites is 2. The molecule has 6 rings (SSSR count). The van der Waals surface area contributed by atoms with Gasteiger partial charge in [0.15, 0.2) is 17.0 Å². The molecule has 1 unspecified atom stereocenters. The van der Waals surface area contributed by atoms with E-state index in [4.69, 9.17) is 15.2 Å². The van der Waals surface area contributed by atoms with Crippen LogP contribution in [-0.4, -0.2) is 62.9 Å². The van der Waals surface area contributed by atoms with Gasteiger partial charge >= 0.3 is 5.91 Å². The molecular weight excluding hydrogens is 670 g/mol. The maximum Gasteiger partial charge on any atom is 0.300 e. The Hall–Kier alpha value is -5.10. The molecule has 1 fully saturated rings. The van der Waals surface area contributed by atoms with Crippen LogP contribution in [-0.2, 0) is 25.6 Å². The third-order valence-electron chi connectivity index (χ3n) is 8.63. The number of anilines is 1. The SMILES string of the molecule is CCOc1cc2c(cc1OCC)C1=C(C(N)=O)C3(C(=O)N1C(C)(C)C2)/C(=C(\O)c1ccc(Br)cc1)C(=O)C(=O)N3c1ccccc1O. The third kappa shape index (κ3) is 4.53. The van der Waals surface area contributed by atoms with Crippen molar-refractivity contribution < 1.29 is 38.9 Å². The molecule has 1 saturated heterocycles. The minimum absolute atomic E-state index is 0.0572. The average molecular weight is 703 g/mol. The monoisotopic (exact) mass is 701 g/mol. The molecule has 12 heteroatoms. The van der Waals surface area contributed by atoms with Gasteiger partial charge in [0.2, 0.25) is 5.91 Å². The number of hydrogen-bond acceptors (Lipinski definition) is 8. The summed E-state index contributed by atoms with van der Waals surface area (Å²) in [6.07, 6.45) is 0.280. The van der Waals surface area contributed by atoms with Crippen LogP contribution in [0.3, 0.4) is 0 Å². The summed E-state index contributed by atoms with van der Waals surface area (Å²) >= 11 is 3.34. The van der Waals surface area contributed by atoms with E-state index in [1.165, 1.54) is 41.3 Å². The van der Waals surface area contributed by atoms with Crippen LogP contribution in [0.25, 0.3) is 11.5 Å². The lowest BCUT2D eigenvalue weighted by Crippen LogP contribution is -2.60. The fourth-order valence-corrected chi connectivity index (χ4v) is 7.15. The largest absolute Gasteiger partial charge is 0.507 e. The van der Waals surface area contributed by atoms with Gasteiger partial charge in [-0.15, -0.1) is 0 Å². The van der Waals surface area contributed by atoms with Gasteiger partial charge in [0.25, 0.3) is 11.7 Å². The van der Waals surface area contributed by atoms with Crippen LogP contribution in [0.2, 0.25) is 0 Å². The summed E-state index contributed by atoms with van der Waals surface area (Å²) in [6.45, 7) is 7.84. The Labute approximate surface area is 279 Å². The third-order valence-corrected chi connectivity index (χ3v) is 9.16. The van der Waals surface area contributed by atoms with Crippen molar-refractivity contribution in [2.75, 3.05) is 18.1 Å². The second-order valence-corrected chi connectivity index (χ2v) is 12.9. The van der Waals surface area contributed by atoms with E-state index in [0.29, 0.717) is 33.7 Å². The number of aliphatic hydroxyl groups excluding tert-OH is 1. The Morgan fingerprint density at radius 3 is 2.17 bits per heavy atom. The highest BCUT2D eigenvalue weighted by Crippen LogP contribution is 2.58. The van der Waals surface area contributed by atoms with Crippen LogP contribution in [0.4, 0.5) is 5.69 Å². The minimum atomic E-state index is -2.59. The predicted octanol–water partition coefficient (Wildman–Crippen LogP) is 4.65. The number of benzene rings is 3. The van der Waals surface area contributed by atoms with Gasteiger partial charge in [-0.05, 0) is 76.1 Å². The number of carbonyl (C=O) groups excluding carboxylic acids is 4. The van der Waals surface area contributed by atoms with E-state index in [9.17, 15) is 24.6 Å². The summed E-state index contributed by atoms with van der Waals surface area (Å²) in [6, 6.07) is 15.3. The van der Waals surface area contributed by atoms with E-state index in [1.807, 2.05) is 6.92 Å². The summed E-state index contributed by atoms with van der Waals surface area (Å²) in [5.74, 6) is -4.78. The summed E-state index contributed by atoms with van der Waals surface area (Å²) < 4.78 is 12.4. The van der Waals surface area contributed by atoms with Gasteiger partial charge < -0.3 is 30.3 Å². The number of primary amides is 1. The molecule has 0 bridgehead atoms. The molecule has 1 atom stereocenters. The van der Waals surface area contributed by atoms with Crippen LogP contribution >= 0.6 is 15.9 Å². The molecule has 3 amide bonds. The van der Waals surface area contributed by atoms with Crippen molar-refractivity contribution in [3.8, 4) is 17.2 Å². The van der Waals surface area contributed by atoms with Crippen LogP contribution in [0.5, 0.6) is 17.2 Å². The Balaban J connectivity index is 1.80. The number of rotatable bonds is 7. The van der Waals surface area contributed by atoms with Gasteiger partial charge in [-0.3, -0.25) is 24.1 Å². The lowest BCUT2D eigenvalue weighted by molar-refractivity contribution is -0.135. The highest BCUT2D eigenvalue weighted by Gasteiger charge is 2.72. The zero-order chi connectivity index (χ0) is 34.0. The summed E-state index contributed by atoms with van der Waals surface area (Å²) in [4.78, 5) is 59.6. The smallest absolute Gasteiger partial charge is 0.300 e. The zero-order valence-electron chi connectivity index (χ0n) is 26.1. The normalized spacial score (nSPS) is 20.9. The fourth-order valence-electron chi connectivity index (χ4n) is 6.88. The van der Waals surface area contributed by atoms with Gasteiger partial charge in [-0.2, -0.15) is 0 Å². The number of phenolic OH excluding ortho intramolecular Hbond substituents is 1. The number of amides is 3. The molecule has 242 valence electrons. The van der Waals surface area contributed by atoms with Crippen molar-refractivity contribution in [3.05, 3.63) is 93.0 Å². The molecule has 4 N–H and O–H groups in total. The summed E-state index contributed by atoms with van der Waals surface area (Å²) in [5.41, 5.74) is 2.52. The van der Waals surface area contributed by atoms with Gasteiger partial charge in [0.1, 0.15) is 11.5 Å². The Morgan fingerprint density at radius 2 is 1.57 bits per heavy atom. The molecule has 0 saturated carbocycles.